The highest BCUT2D eigenvalue weighted by Crippen LogP contribution is 2.32. The highest BCUT2D eigenvalue weighted by Gasteiger charge is 2.31. The summed E-state index contributed by atoms with van der Waals surface area (Å²) in [5.74, 6) is 0.491. The Labute approximate surface area is 219 Å². The Morgan fingerprint density at radius 1 is 1.00 bits per heavy atom. The molecule has 3 aromatic rings. The van der Waals surface area contributed by atoms with Gasteiger partial charge in [0.2, 0.25) is 5.88 Å². The molecule has 0 radical (unpaired) electrons. The third-order valence-electron chi connectivity index (χ3n) is 5.01. The minimum absolute atomic E-state index is 0.156. The number of carbonyl (C=O) groups is 1. The maximum atomic E-state index is 12.6. The number of rotatable bonds is 6. The van der Waals surface area contributed by atoms with E-state index in [9.17, 15) is 18.0 Å². The van der Waals surface area contributed by atoms with Crippen molar-refractivity contribution in [2.45, 2.75) is 40.1 Å². The number of halogens is 3. The molecule has 2 aromatic carbocycles. The molecule has 1 aromatic heterocycles. The SMILES string of the molecule is CC.CC1=CC(n2nc(C)cc2Oc2ccccc2NC(=O)Nc2ccc(OC(F)(F)F)cc2)C=CC=C1. The van der Waals surface area contributed by atoms with Gasteiger partial charge < -0.3 is 20.1 Å². The molecule has 0 saturated heterocycles. The number of nitrogens with one attached hydrogen (secondary N) is 2. The Morgan fingerprint density at radius 2 is 1.71 bits per heavy atom. The van der Waals surface area contributed by atoms with Crippen LogP contribution < -0.4 is 20.1 Å². The highest BCUT2D eigenvalue weighted by atomic mass is 19.4. The van der Waals surface area contributed by atoms with Gasteiger partial charge in [-0.05, 0) is 50.2 Å². The lowest BCUT2D eigenvalue weighted by molar-refractivity contribution is -0.274. The first-order valence-corrected chi connectivity index (χ1v) is 12.0. The maximum Gasteiger partial charge on any atom is 0.573 e. The number of aryl methyl sites for hydroxylation is 1. The van der Waals surface area contributed by atoms with Crippen molar-refractivity contribution in [3.05, 3.63) is 96.2 Å². The van der Waals surface area contributed by atoms with Crippen LogP contribution in [-0.2, 0) is 0 Å². The Morgan fingerprint density at radius 3 is 2.42 bits per heavy atom. The molecule has 0 spiro atoms. The molecule has 10 heteroatoms. The van der Waals surface area contributed by atoms with Crippen molar-refractivity contribution >= 4 is 17.4 Å². The molecular weight excluding hydrogens is 497 g/mol. The van der Waals surface area contributed by atoms with Crippen LogP contribution in [-0.4, -0.2) is 22.2 Å². The molecule has 1 heterocycles. The summed E-state index contributed by atoms with van der Waals surface area (Å²) < 4.78 is 48.7. The number of urea groups is 1. The van der Waals surface area contributed by atoms with Crippen molar-refractivity contribution in [2.24, 2.45) is 0 Å². The molecule has 2 N–H and O–H groups in total. The van der Waals surface area contributed by atoms with E-state index in [1.165, 1.54) is 12.1 Å². The Balaban J connectivity index is 0.00000195. The third kappa shape index (κ3) is 8.02. The van der Waals surface area contributed by atoms with E-state index < -0.39 is 12.4 Å². The summed E-state index contributed by atoms with van der Waals surface area (Å²) >= 11 is 0. The van der Waals surface area contributed by atoms with Gasteiger partial charge in [-0.25, -0.2) is 9.48 Å². The number of nitrogens with zero attached hydrogens (tertiary/aromatic N) is 2. The number of alkyl halides is 3. The zero-order chi connectivity index (χ0) is 27.7. The van der Waals surface area contributed by atoms with E-state index >= 15 is 0 Å². The molecule has 4 rings (SSSR count). The van der Waals surface area contributed by atoms with Crippen molar-refractivity contribution in [3.8, 4) is 17.4 Å². The van der Waals surface area contributed by atoms with E-state index in [1.54, 1.807) is 35.0 Å². The van der Waals surface area contributed by atoms with E-state index in [2.05, 4.69) is 26.5 Å². The molecule has 0 fully saturated rings. The number of aromatic nitrogens is 2. The van der Waals surface area contributed by atoms with Crippen molar-refractivity contribution in [3.63, 3.8) is 0 Å². The quantitative estimate of drug-likeness (QED) is 0.340. The summed E-state index contributed by atoms with van der Waals surface area (Å²) in [6.45, 7) is 7.86. The lowest BCUT2D eigenvalue weighted by Crippen LogP contribution is -2.20. The number of hydrogen-bond acceptors (Lipinski definition) is 4. The number of allylic oxidation sites excluding steroid dienone is 6. The second-order valence-electron chi connectivity index (χ2n) is 7.96. The Hall–Kier alpha value is -4.47. The predicted molar refractivity (Wildman–Crippen MR) is 142 cm³/mol. The Kier molecular flexibility index (Phi) is 9.37. The van der Waals surface area contributed by atoms with Crippen LogP contribution in [0.1, 0.15) is 32.5 Å². The number of carbonyl (C=O) groups excluding carboxylic acids is 1. The van der Waals surface area contributed by atoms with Gasteiger partial charge in [-0.1, -0.05) is 61.9 Å². The van der Waals surface area contributed by atoms with E-state index in [0.717, 1.165) is 23.4 Å². The van der Waals surface area contributed by atoms with Gasteiger partial charge in [0, 0.05) is 11.8 Å². The van der Waals surface area contributed by atoms with Gasteiger partial charge in [0.15, 0.2) is 5.75 Å². The standard InChI is InChI=1S/C26H23F3N4O3.C2H6/c1-17-7-3-4-8-20(15-17)33-24(16-18(2)32-33)35-23-10-6-5-9-22(23)31-25(34)30-19-11-13-21(14-12-19)36-26(27,28)29;1-2/h3-16,20H,1-2H3,(H2,30,31,34);1-2H3. The first kappa shape index (κ1) is 28.1. The maximum absolute atomic E-state index is 12.6. The molecule has 1 unspecified atom stereocenters. The summed E-state index contributed by atoms with van der Waals surface area (Å²) in [5.41, 5.74) is 2.52. The fraction of sp³-hybridized carbons (Fsp3) is 0.214. The number of anilines is 2. The minimum atomic E-state index is -4.79. The van der Waals surface area contributed by atoms with E-state index in [0.29, 0.717) is 17.3 Å². The van der Waals surface area contributed by atoms with Crippen LogP contribution in [0.2, 0.25) is 0 Å². The lowest BCUT2D eigenvalue weighted by Gasteiger charge is -2.16. The summed E-state index contributed by atoms with van der Waals surface area (Å²) in [6, 6.07) is 12.7. The average Bonchev–Trinajstić information content (AvgIpc) is 3.09. The Bertz CT molecular complexity index is 1330. The van der Waals surface area contributed by atoms with Crippen LogP contribution in [0.25, 0.3) is 0 Å². The van der Waals surface area contributed by atoms with Crippen LogP contribution in [0.15, 0.2) is 90.6 Å². The average molecular weight is 527 g/mol. The van der Waals surface area contributed by atoms with Crippen LogP contribution in [0.3, 0.4) is 0 Å². The zero-order valence-electron chi connectivity index (χ0n) is 21.4. The van der Waals surface area contributed by atoms with Crippen LogP contribution >= 0.6 is 0 Å². The fourth-order valence-corrected chi connectivity index (χ4v) is 3.50. The van der Waals surface area contributed by atoms with E-state index in [-0.39, 0.29) is 17.5 Å². The molecule has 1 atom stereocenters. The number of benzene rings is 2. The van der Waals surface area contributed by atoms with Gasteiger partial charge >= 0.3 is 12.4 Å². The number of para-hydroxylation sites is 2. The molecular formula is C28H29F3N4O3. The second-order valence-corrected chi connectivity index (χ2v) is 7.96. The lowest BCUT2D eigenvalue weighted by atomic mass is 10.2. The van der Waals surface area contributed by atoms with Crippen molar-refractivity contribution < 1.29 is 27.4 Å². The summed E-state index contributed by atoms with van der Waals surface area (Å²) in [5, 5.41) is 9.84. The van der Waals surface area contributed by atoms with Crippen LogP contribution in [0, 0.1) is 6.92 Å². The molecule has 7 nitrogen and oxygen atoms in total. The number of ether oxygens (including phenoxy) is 2. The van der Waals surface area contributed by atoms with E-state index in [1.807, 2.05) is 52.0 Å². The normalized spacial score (nSPS) is 14.5. The number of hydrogen-bond donors (Lipinski definition) is 2. The summed E-state index contributed by atoms with van der Waals surface area (Å²) in [7, 11) is 0. The number of amides is 2. The summed E-state index contributed by atoms with van der Waals surface area (Å²) in [6.07, 6.45) is 5.17. The molecule has 200 valence electrons. The third-order valence-corrected chi connectivity index (χ3v) is 5.01. The second kappa shape index (κ2) is 12.7. The molecule has 1 aliphatic rings. The topological polar surface area (TPSA) is 77.4 Å². The molecule has 1 aliphatic carbocycles. The van der Waals surface area contributed by atoms with Crippen molar-refractivity contribution in [2.75, 3.05) is 10.6 Å². The molecule has 0 bridgehead atoms. The smallest absolute Gasteiger partial charge is 0.437 e. The van der Waals surface area contributed by atoms with Gasteiger partial charge in [0.25, 0.3) is 0 Å². The van der Waals surface area contributed by atoms with Crippen molar-refractivity contribution in [1.82, 2.24) is 9.78 Å². The zero-order valence-corrected chi connectivity index (χ0v) is 21.4. The fourth-order valence-electron chi connectivity index (χ4n) is 3.50. The summed E-state index contributed by atoms with van der Waals surface area (Å²) in [4.78, 5) is 12.6. The predicted octanol–water partition coefficient (Wildman–Crippen LogP) is 8.17. The molecule has 2 amide bonds. The minimum Gasteiger partial charge on any atom is -0.437 e. The van der Waals surface area contributed by atoms with Gasteiger partial charge in [0.05, 0.1) is 17.4 Å². The van der Waals surface area contributed by atoms with Gasteiger partial charge in [0.1, 0.15) is 5.75 Å². The molecule has 0 saturated carbocycles. The van der Waals surface area contributed by atoms with Gasteiger partial charge in [-0.2, -0.15) is 5.10 Å². The van der Waals surface area contributed by atoms with Crippen LogP contribution in [0.5, 0.6) is 17.4 Å². The molecule has 0 aliphatic heterocycles. The largest absolute Gasteiger partial charge is 0.573 e. The monoisotopic (exact) mass is 526 g/mol. The van der Waals surface area contributed by atoms with Gasteiger partial charge in [-0.15, -0.1) is 13.2 Å². The molecule has 38 heavy (non-hydrogen) atoms. The van der Waals surface area contributed by atoms with Crippen molar-refractivity contribution in [1.29, 1.82) is 0 Å². The first-order chi connectivity index (χ1) is 18.2. The van der Waals surface area contributed by atoms with Crippen LogP contribution in [0.4, 0.5) is 29.3 Å². The highest BCUT2D eigenvalue weighted by molar-refractivity contribution is 6.00. The van der Waals surface area contributed by atoms with Gasteiger partial charge in [-0.3, -0.25) is 0 Å². The van der Waals surface area contributed by atoms with E-state index in [4.69, 9.17) is 4.74 Å². The first-order valence-electron chi connectivity index (χ1n) is 12.0.